The lowest BCUT2D eigenvalue weighted by Gasteiger charge is -2.27. The van der Waals surface area contributed by atoms with Crippen molar-refractivity contribution in [2.45, 2.75) is 69.9 Å². The normalized spacial score (nSPS) is 13.5. The lowest BCUT2D eigenvalue weighted by molar-refractivity contribution is -0.114. The molecule has 1 amide bonds. The SMILES string of the molecule is CC(=O)Nc1c(Cc2cc(C3CC3)cc(C(C)(C)C)c2)ccnc1S(=O)(=O)N(Cc1ccc(Cl)cc1)c1c(F)c(F)c(F)c(F)c1F. The molecule has 3 aromatic carbocycles. The summed E-state index contributed by atoms with van der Waals surface area (Å²) in [5.74, 6) is -12.1. The quantitative estimate of drug-likeness (QED) is 0.108. The second-order valence-corrected chi connectivity index (χ2v) is 14.8. The molecule has 1 aliphatic rings. The van der Waals surface area contributed by atoms with Crippen molar-refractivity contribution in [3.05, 3.63) is 117 Å². The maximum atomic E-state index is 15.2. The summed E-state index contributed by atoms with van der Waals surface area (Å²) in [7, 11) is -5.25. The number of nitrogens with zero attached hydrogens (tertiary/aromatic N) is 2. The Morgan fingerprint density at radius 3 is 2.06 bits per heavy atom. The predicted molar refractivity (Wildman–Crippen MR) is 170 cm³/mol. The van der Waals surface area contributed by atoms with E-state index in [1.165, 1.54) is 30.3 Å². The van der Waals surface area contributed by atoms with Gasteiger partial charge in [0.15, 0.2) is 28.3 Å². The molecule has 47 heavy (non-hydrogen) atoms. The smallest absolute Gasteiger partial charge is 0.284 e. The number of pyridine rings is 1. The second-order valence-electron chi connectivity index (χ2n) is 12.6. The molecule has 1 fully saturated rings. The number of hydrogen-bond acceptors (Lipinski definition) is 4. The van der Waals surface area contributed by atoms with E-state index in [4.69, 9.17) is 11.6 Å². The Labute approximate surface area is 274 Å². The van der Waals surface area contributed by atoms with Crippen LogP contribution in [0.4, 0.5) is 33.3 Å². The highest BCUT2D eigenvalue weighted by Gasteiger charge is 2.38. The summed E-state index contributed by atoms with van der Waals surface area (Å²) in [6.07, 6.45) is 3.36. The van der Waals surface area contributed by atoms with Crippen LogP contribution in [0.1, 0.15) is 74.3 Å². The first-order valence-corrected chi connectivity index (χ1v) is 16.5. The van der Waals surface area contributed by atoms with Crippen LogP contribution in [0.3, 0.4) is 0 Å². The average molecular weight is 692 g/mol. The molecule has 0 radical (unpaired) electrons. The van der Waals surface area contributed by atoms with Crippen LogP contribution in [0, 0.1) is 29.1 Å². The third-order valence-corrected chi connectivity index (χ3v) is 9.78. The van der Waals surface area contributed by atoms with Crippen LogP contribution >= 0.6 is 11.6 Å². The van der Waals surface area contributed by atoms with Gasteiger partial charge in [-0.1, -0.05) is 62.7 Å². The van der Waals surface area contributed by atoms with Crippen molar-refractivity contribution in [1.29, 1.82) is 0 Å². The zero-order valence-corrected chi connectivity index (χ0v) is 27.5. The predicted octanol–water partition coefficient (Wildman–Crippen LogP) is 8.55. The molecule has 248 valence electrons. The summed E-state index contributed by atoms with van der Waals surface area (Å²) in [5.41, 5.74) is 1.21. The topological polar surface area (TPSA) is 79.4 Å². The van der Waals surface area contributed by atoms with Crippen LogP contribution in [0.5, 0.6) is 0 Å². The summed E-state index contributed by atoms with van der Waals surface area (Å²) in [4.78, 5) is 16.4. The van der Waals surface area contributed by atoms with E-state index in [1.54, 1.807) is 0 Å². The highest BCUT2D eigenvalue weighted by atomic mass is 35.5. The van der Waals surface area contributed by atoms with E-state index in [9.17, 15) is 26.4 Å². The molecule has 0 bridgehead atoms. The molecular weight excluding hydrogens is 661 g/mol. The van der Waals surface area contributed by atoms with E-state index in [1.807, 2.05) is 12.1 Å². The molecule has 13 heteroatoms. The Kier molecular flexibility index (Phi) is 9.40. The first-order chi connectivity index (χ1) is 22.0. The zero-order chi connectivity index (χ0) is 34.4. The largest absolute Gasteiger partial charge is 0.324 e. The van der Waals surface area contributed by atoms with Crippen LogP contribution in [0.25, 0.3) is 0 Å². The molecule has 0 atom stereocenters. The molecule has 0 aliphatic heterocycles. The number of amides is 1. The number of halogens is 6. The Morgan fingerprint density at radius 1 is 0.915 bits per heavy atom. The number of carbonyl (C=O) groups is 1. The van der Waals surface area contributed by atoms with Gasteiger partial charge >= 0.3 is 0 Å². The molecule has 1 N–H and O–H groups in total. The van der Waals surface area contributed by atoms with Gasteiger partial charge in [-0.2, -0.15) is 8.42 Å². The van der Waals surface area contributed by atoms with E-state index >= 15 is 8.78 Å². The molecular formula is C34H31ClF5N3O3S. The van der Waals surface area contributed by atoms with Crippen molar-refractivity contribution in [2.75, 3.05) is 9.62 Å². The molecule has 6 nitrogen and oxygen atoms in total. The van der Waals surface area contributed by atoms with Crippen molar-refractivity contribution in [1.82, 2.24) is 4.98 Å². The summed E-state index contributed by atoms with van der Waals surface area (Å²) in [5, 5.41) is 1.88. The molecule has 1 heterocycles. The summed E-state index contributed by atoms with van der Waals surface area (Å²) >= 11 is 5.94. The fourth-order valence-electron chi connectivity index (χ4n) is 5.22. The lowest BCUT2D eigenvalue weighted by atomic mass is 9.83. The van der Waals surface area contributed by atoms with Gasteiger partial charge in [0.05, 0.1) is 12.2 Å². The monoisotopic (exact) mass is 691 g/mol. The molecule has 1 aliphatic carbocycles. The van der Waals surface area contributed by atoms with Crippen LogP contribution in [0.2, 0.25) is 5.02 Å². The Morgan fingerprint density at radius 2 is 1.51 bits per heavy atom. The maximum Gasteiger partial charge on any atom is 0.284 e. The first-order valence-electron chi connectivity index (χ1n) is 14.7. The van der Waals surface area contributed by atoms with Crippen LogP contribution < -0.4 is 9.62 Å². The highest BCUT2D eigenvalue weighted by Crippen LogP contribution is 2.43. The molecule has 1 aromatic heterocycles. The number of anilines is 2. The van der Waals surface area contributed by atoms with Gasteiger partial charge in [0.2, 0.25) is 11.7 Å². The van der Waals surface area contributed by atoms with E-state index < -0.39 is 62.3 Å². The number of aromatic nitrogens is 1. The standard InChI is InChI=1S/C34H31ClF5N3O3S/c1-18(44)42-31-22(13-20-14-23(21-7-8-21)16-24(15-20)34(2,3)4)11-12-41-33(31)47(45,46)43(17-19-5-9-25(35)10-6-19)32-29(39)27(37)26(36)28(38)30(32)40/h5-6,9-12,14-16,21H,7-8,13,17H2,1-4H3,(H,42,44). The fourth-order valence-corrected chi connectivity index (χ4v) is 6.90. The number of rotatable bonds is 9. The minimum absolute atomic E-state index is 0.0510. The molecule has 5 rings (SSSR count). The van der Waals surface area contributed by atoms with Crippen molar-refractivity contribution >= 4 is 38.9 Å². The maximum absolute atomic E-state index is 15.2. The van der Waals surface area contributed by atoms with Crippen molar-refractivity contribution < 1.29 is 35.2 Å². The van der Waals surface area contributed by atoms with E-state index in [0.717, 1.165) is 42.7 Å². The third kappa shape index (κ3) is 7.13. The highest BCUT2D eigenvalue weighted by molar-refractivity contribution is 7.92. The Hall–Kier alpha value is -4.03. The van der Waals surface area contributed by atoms with E-state index in [0.29, 0.717) is 11.5 Å². The van der Waals surface area contributed by atoms with Crippen molar-refractivity contribution in [2.24, 2.45) is 0 Å². The molecule has 0 unspecified atom stereocenters. The van der Waals surface area contributed by atoms with Crippen LogP contribution in [-0.4, -0.2) is 19.3 Å². The first kappa shape index (κ1) is 34.3. The molecule has 1 saturated carbocycles. The van der Waals surface area contributed by atoms with Gasteiger partial charge < -0.3 is 5.32 Å². The number of hydrogen-bond donors (Lipinski definition) is 1. The van der Waals surface area contributed by atoms with Gasteiger partial charge in [-0.05, 0) is 76.6 Å². The lowest BCUT2D eigenvalue weighted by Crippen LogP contribution is -2.34. The zero-order valence-electron chi connectivity index (χ0n) is 25.9. The summed E-state index contributed by atoms with van der Waals surface area (Å²) in [6, 6.07) is 13.0. The fraction of sp³-hybridized carbons (Fsp3) is 0.294. The minimum Gasteiger partial charge on any atom is -0.324 e. The van der Waals surface area contributed by atoms with Gasteiger partial charge in [-0.15, -0.1) is 0 Å². The summed E-state index contributed by atoms with van der Waals surface area (Å²) in [6.45, 7) is 6.46. The van der Waals surface area contributed by atoms with E-state index in [-0.39, 0.29) is 32.4 Å². The molecule has 0 spiro atoms. The number of sulfonamides is 1. The van der Waals surface area contributed by atoms with Crippen molar-refractivity contribution in [3.63, 3.8) is 0 Å². The molecule has 4 aromatic rings. The summed E-state index contributed by atoms with van der Waals surface area (Å²) < 4.78 is 102. The number of carbonyl (C=O) groups excluding carboxylic acids is 1. The number of benzene rings is 3. The second kappa shape index (κ2) is 12.9. The van der Waals surface area contributed by atoms with Gasteiger partial charge in [0.1, 0.15) is 5.69 Å². The van der Waals surface area contributed by atoms with Gasteiger partial charge in [-0.3, -0.25) is 9.10 Å². The van der Waals surface area contributed by atoms with E-state index in [2.05, 4.69) is 37.1 Å². The Balaban J connectivity index is 1.70. The van der Waals surface area contributed by atoms with Gasteiger partial charge in [-0.25, -0.2) is 26.9 Å². The molecule has 0 saturated heterocycles. The van der Waals surface area contributed by atoms with Crippen LogP contribution in [-0.2, 0) is 33.2 Å². The van der Waals surface area contributed by atoms with Crippen LogP contribution in [0.15, 0.2) is 59.8 Å². The Bertz CT molecular complexity index is 1950. The number of nitrogens with one attached hydrogen (secondary N) is 1. The average Bonchev–Trinajstić information content (AvgIpc) is 3.85. The van der Waals surface area contributed by atoms with Gasteiger partial charge in [0, 0.05) is 18.1 Å². The van der Waals surface area contributed by atoms with Crippen molar-refractivity contribution in [3.8, 4) is 0 Å². The minimum atomic E-state index is -5.25. The van der Waals surface area contributed by atoms with Gasteiger partial charge in [0.25, 0.3) is 10.0 Å². The third-order valence-electron chi connectivity index (χ3n) is 7.84.